The fourth-order valence-corrected chi connectivity index (χ4v) is 10.3. The van der Waals surface area contributed by atoms with Crippen LogP contribution in [0.15, 0.2) is 120 Å². The summed E-state index contributed by atoms with van der Waals surface area (Å²) in [5.74, 6) is 1.23. The number of hydrogen-bond donors (Lipinski definition) is 2. The molecule has 0 unspecified atom stereocenters. The number of amides is 2. The van der Waals surface area contributed by atoms with Crippen LogP contribution in [0.5, 0.6) is 0 Å². The summed E-state index contributed by atoms with van der Waals surface area (Å²) < 4.78 is 0. The van der Waals surface area contributed by atoms with E-state index >= 15 is 0 Å². The summed E-state index contributed by atoms with van der Waals surface area (Å²) in [5.41, 5.74) is 10.1. The molecule has 3 aliphatic rings. The first-order valence-electron chi connectivity index (χ1n) is 24.2. The number of carbonyl (C=O) groups is 2. The molecule has 8 rings (SSSR count). The highest BCUT2D eigenvalue weighted by molar-refractivity contribution is 5.84. The summed E-state index contributed by atoms with van der Waals surface area (Å²) in [6.45, 7) is 16.5. The van der Waals surface area contributed by atoms with Crippen LogP contribution in [0.3, 0.4) is 0 Å². The van der Waals surface area contributed by atoms with Gasteiger partial charge in [0, 0.05) is 37.4 Å². The Bertz CT molecular complexity index is 2360. The molecule has 3 aliphatic heterocycles. The van der Waals surface area contributed by atoms with Crippen LogP contribution in [-0.4, -0.2) is 100 Å². The van der Waals surface area contributed by atoms with Crippen molar-refractivity contribution in [3.05, 3.63) is 143 Å². The zero-order chi connectivity index (χ0) is 45.1. The average Bonchev–Trinajstić information content (AvgIpc) is 4.01. The minimum absolute atomic E-state index is 0.0775. The lowest BCUT2D eigenvalue weighted by molar-refractivity contribution is -0.139. The Morgan fingerprint density at radius 1 is 0.738 bits per heavy atom. The van der Waals surface area contributed by atoms with Crippen LogP contribution < -0.4 is 5.32 Å². The number of aryl methyl sites for hydroxylation is 1. The molecular formula is C55H68N8O2. The van der Waals surface area contributed by atoms with E-state index in [4.69, 9.17) is 4.98 Å². The zero-order valence-corrected chi connectivity index (χ0v) is 38.9. The fourth-order valence-electron chi connectivity index (χ4n) is 10.3. The number of nitrogens with zero attached hydrogens (tertiary/aromatic N) is 6. The quantitative estimate of drug-likeness (QED) is 0.0903. The molecule has 4 aromatic carbocycles. The maximum absolute atomic E-state index is 14.5. The Hall–Kier alpha value is -5.84. The Balaban J connectivity index is 0.930. The second kappa shape index (κ2) is 21.9. The van der Waals surface area contributed by atoms with Gasteiger partial charge >= 0.3 is 0 Å². The molecule has 10 nitrogen and oxygen atoms in total. The normalized spacial score (nSPS) is 18.4. The third-order valence-corrected chi connectivity index (χ3v) is 13.7. The lowest BCUT2D eigenvalue weighted by atomic mass is 10.00. The van der Waals surface area contributed by atoms with Crippen LogP contribution in [0.25, 0.3) is 28.1 Å². The highest BCUT2D eigenvalue weighted by Gasteiger charge is 2.39. The van der Waals surface area contributed by atoms with Crippen molar-refractivity contribution in [3.63, 3.8) is 0 Å². The van der Waals surface area contributed by atoms with Crippen molar-refractivity contribution in [1.29, 1.82) is 0 Å². The smallest absolute Gasteiger partial charge is 0.245 e. The van der Waals surface area contributed by atoms with Crippen molar-refractivity contribution in [2.75, 3.05) is 52.4 Å². The molecule has 65 heavy (non-hydrogen) atoms. The highest BCUT2D eigenvalue weighted by atomic mass is 16.2. The van der Waals surface area contributed by atoms with Gasteiger partial charge in [0.25, 0.3) is 0 Å². The monoisotopic (exact) mass is 873 g/mol. The first kappa shape index (κ1) is 45.7. The maximum atomic E-state index is 14.5. The van der Waals surface area contributed by atoms with E-state index in [0.717, 1.165) is 140 Å². The number of likely N-dealkylation sites (tertiary alicyclic amines) is 3. The molecule has 0 bridgehead atoms. The van der Waals surface area contributed by atoms with Gasteiger partial charge in [-0.05, 0) is 120 Å². The topological polar surface area (TPSA) is 100 Å². The molecule has 0 spiro atoms. The molecule has 1 aromatic heterocycles. The van der Waals surface area contributed by atoms with E-state index in [1.165, 1.54) is 12.8 Å². The summed E-state index contributed by atoms with van der Waals surface area (Å²) in [6.07, 6.45) is 9.72. The number of H-pyrrole nitrogens is 1. The first-order chi connectivity index (χ1) is 31.8. The number of hydrogen-bond acceptors (Lipinski definition) is 7. The molecule has 2 amide bonds. The summed E-state index contributed by atoms with van der Waals surface area (Å²) in [7, 11) is 0. The van der Waals surface area contributed by atoms with E-state index < -0.39 is 0 Å². The van der Waals surface area contributed by atoms with Crippen molar-refractivity contribution < 1.29 is 9.59 Å². The van der Waals surface area contributed by atoms with E-state index in [0.29, 0.717) is 19.6 Å². The Morgan fingerprint density at radius 2 is 1.29 bits per heavy atom. The number of allylic oxidation sites excluding steroid dienone is 1. The summed E-state index contributed by atoms with van der Waals surface area (Å²) in [5, 5.41) is 3.64. The standard InChI is InChI=1S/C55H68N8O2/c1-5-33-62(54(64)51(46-19-10-6-11-20-46)60-34-14-8-15-35-60)39-32-57-49(40(2)56-4)44-28-24-42(25-29-44)43-26-30-45(31-27-43)50-41(3)58-53(59-50)48-23-18-38-63(48)55(65)52(47-21-12-7-13-22-47)61-36-16-9-17-37-61/h6-7,10-13,19-22,24-31,48,51-52,57H,4-5,8-9,14-18,23,32-39H2,1-3H3,(H,58,59)/b49-40-/t48-,51+,52+/m0/s1. The number of piperidine rings is 2. The number of imidazole rings is 1. The fraction of sp³-hybridized carbons (Fsp3) is 0.418. The van der Waals surface area contributed by atoms with Gasteiger partial charge in [-0.25, -0.2) is 4.98 Å². The Kier molecular flexibility index (Phi) is 15.4. The molecule has 340 valence electrons. The van der Waals surface area contributed by atoms with Gasteiger partial charge in [-0.2, -0.15) is 0 Å². The largest absolute Gasteiger partial charge is 0.381 e. The number of nitrogens with one attached hydrogen (secondary N) is 2. The number of benzene rings is 4. The van der Waals surface area contributed by atoms with Gasteiger partial charge in [-0.3, -0.25) is 24.4 Å². The van der Waals surface area contributed by atoms with E-state index in [1.807, 2.05) is 48.2 Å². The van der Waals surface area contributed by atoms with Crippen molar-refractivity contribution >= 4 is 24.2 Å². The highest BCUT2D eigenvalue weighted by Crippen LogP contribution is 2.37. The number of aromatic amines is 1. The molecule has 5 aromatic rings. The van der Waals surface area contributed by atoms with Crippen molar-refractivity contribution in [2.24, 2.45) is 4.99 Å². The van der Waals surface area contributed by atoms with Gasteiger partial charge in [-0.1, -0.05) is 129 Å². The third-order valence-electron chi connectivity index (χ3n) is 13.7. The minimum Gasteiger partial charge on any atom is -0.381 e. The second-order valence-electron chi connectivity index (χ2n) is 18.1. The second-order valence-corrected chi connectivity index (χ2v) is 18.1. The maximum Gasteiger partial charge on any atom is 0.245 e. The average molecular weight is 873 g/mol. The molecule has 2 N–H and O–H groups in total. The molecule has 3 saturated heterocycles. The van der Waals surface area contributed by atoms with Gasteiger partial charge in [0.1, 0.15) is 17.9 Å². The van der Waals surface area contributed by atoms with E-state index in [-0.39, 0.29) is 29.9 Å². The SMILES string of the molecule is C=N/C(C)=C(\NCCN(CCC)C(=O)[C@@H](c1ccccc1)N1CCCCC1)c1ccc(-c2ccc(-c3nc([C@@H]4CCCN4C(=O)[C@@H](c4ccccc4)N4CCCCC4)[nH]c3C)cc2)cc1. The molecule has 3 atom stereocenters. The molecule has 3 fully saturated rings. The van der Waals surface area contributed by atoms with Crippen LogP contribution in [-0.2, 0) is 9.59 Å². The summed E-state index contributed by atoms with van der Waals surface area (Å²) in [4.78, 5) is 50.9. The molecule has 0 aliphatic carbocycles. The van der Waals surface area contributed by atoms with E-state index in [1.54, 1.807) is 0 Å². The van der Waals surface area contributed by atoms with Crippen molar-refractivity contribution in [3.8, 4) is 22.4 Å². The Labute approximate surface area is 386 Å². The van der Waals surface area contributed by atoms with Gasteiger partial charge in [-0.15, -0.1) is 0 Å². The van der Waals surface area contributed by atoms with Crippen LogP contribution in [0.4, 0.5) is 0 Å². The van der Waals surface area contributed by atoms with Crippen LogP contribution in [0.2, 0.25) is 0 Å². The molecule has 0 saturated carbocycles. The molecule has 0 radical (unpaired) electrons. The van der Waals surface area contributed by atoms with E-state index in [9.17, 15) is 9.59 Å². The van der Waals surface area contributed by atoms with Gasteiger partial charge < -0.3 is 20.1 Å². The van der Waals surface area contributed by atoms with Gasteiger partial charge in [0.2, 0.25) is 11.8 Å². The number of aromatic nitrogens is 2. The van der Waals surface area contributed by atoms with Crippen LogP contribution >= 0.6 is 0 Å². The Morgan fingerprint density at radius 3 is 1.88 bits per heavy atom. The van der Waals surface area contributed by atoms with Crippen molar-refractivity contribution in [2.45, 2.75) is 96.7 Å². The lowest BCUT2D eigenvalue weighted by Crippen LogP contribution is -2.46. The summed E-state index contributed by atoms with van der Waals surface area (Å²) >= 11 is 0. The predicted octanol–water partition coefficient (Wildman–Crippen LogP) is 10.4. The summed E-state index contributed by atoms with van der Waals surface area (Å²) in [6, 6.07) is 37.2. The van der Waals surface area contributed by atoms with Crippen LogP contribution in [0.1, 0.15) is 118 Å². The van der Waals surface area contributed by atoms with Crippen molar-refractivity contribution in [1.82, 2.24) is 34.9 Å². The molecule has 4 heterocycles. The number of rotatable bonds is 17. The number of carbonyl (C=O) groups excluding carboxylic acids is 2. The third kappa shape index (κ3) is 10.7. The van der Waals surface area contributed by atoms with E-state index in [2.05, 4.69) is 123 Å². The molecular weight excluding hydrogens is 805 g/mol. The predicted molar refractivity (Wildman–Crippen MR) is 264 cm³/mol. The lowest BCUT2D eigenvalue weighted by Gasteiger charge is -2.37. The number of aliphatic imine (C=N–C) groups is 1. The zero-order valence-electron chi connectivity index (χ0n) is 38.9. The van der Waals surface area contributed by atoms with Gasteiger partial charge in [0.05, 0.1) is 23.1 Å². The first-order valence-corrected chi connectivity index (χ1v) is 24.2. The van der Waals surface area contributed by atoms with Crippen LogP contribution in [0, 0.1) is 6.92 Å². The molecule has 10 heteroatoms. The van der Waals surface area contributed by atoms with Gasteiger partial charge in [0.15, 0.2) is 0 Å². The minimum atomic E-state index is -0.267.